The number of hydrogen-bond donors (Lipinski definition) is 2. The number of aromatic nitrogens is 2. The van der Waals surface area contributed by atoms with Crippen molar-refractivity contribution < 1.29 is 22.8 Å². The van der Waals surface area contributed by atoms with Gasteiger partial charge in [0, 0.05) is 6.04 Å². The summed E-state index contributed by atoms with van der Waals surface area (Å²) in [6, 6.07) is 4.14. The lowest BCUT2D eigenvalue weighted by Gasteiger charge is -2.31. The molecule has 12 heteroatoms. The van der Waals surface area contributed by atoms with Gasteiger partial charge in [-0.05, 0) is 25.0 Å². The van der Waals surface area contributed by atoms with E-state index in [1.807, 2.05) is 0 Å². The molecule has 0 saturated heterocycles. The number of carbonyl (C=O) groups excluding carboxylic acids is 2. The van der Waals surface area contributed by atoms with Crippen LogP contribution in [-0.2, 0) is 9.59 Å². The third kappa shape index (κ3) is 4.64. The smallest absolute Gasteiger partial charge is 0.357 e. The maximum Gasteiger partial charge on any atom is 0.409 e. The number of hydrogen-bond acceptors (Lipinski definition) is 7. The van der Waals surface area contributed by atoms with Crippen LogP contribution in [0.4, 0.5) is 29.7 Å². The van der Waals surface area contributed by atoms with Gasteiger partial charge in [0.1, 0.15) is 6.04 Å². The van der Waals surface area contributed by atoms with Crippen LogP contribution in [0.5, 0.6) is 0 Å². The first-order valence-corrected chi connectivity index (χ1v) is 10.6. The second-order valence-corrected chi connectivity index (χ2v) is 8.87. The second kappa shape index (κ2) is 7.82. The molecule has 1 fully saturated rings. The van der Waals surface area contributed by atoms with Crippen molar-refractivity contribution >= 4 is 51.4 Å². The van der Waals surface area contributed by atoms with Gasteiger partial charge in [0.2, 0.25) is 16.9 Å². The molecule has 1 aromatic heterocycles. The van der Waals surface area contributed by atoms with E-state index in [1.54, 1.807) is 6.07 Å². The van der Waals surface area contributed by atoms with Crippen molar-refractivity contribution in [3.63, 3.8) is 0 Å². The first-order chi connectivity index (χ1) is 13.8. The molecular formula is C17H16F3N5O2S2. The van der Waals surface area contributed by atoms with Gasteiger partial charge in [-0.3, -0.25) is 14.5 Å². The van der Waals surface area contributed by atoms with E-state index in [-0.39, 0.29) is 17.1 Å². The van der Waals surface area contributed by atoms with Gasteiger partial charge in [0.25, 0.3) is 0 Å². The maximum atomic E-state index is 13.7. The van der Waals surface area contributed by atoms with E-state index in [9.17, 15) is 22.8 Å². The molecule has 1 aromatic carbocycles. The number of thioether (sulfide) groups is 1. The molecule has 2 aliphatic rings. The molecule has 1 atom stereocenters. The summed E-state index contributed by atoms with van der Waals surface area (Å²) in [4.78, 5) is 25.5. The summed E-state index contributed by atoms with van der Waals surface area (Å²) in [6.07, 6.45) is -3.47. The molecule has 1 unspecified atom stereocenters. The molecule has 0 bridgehead atoms. The van der Waals surface area contributed by atoms with E-state index in [0.717, 1.165) is 24.6 Å². The van der Waals surface area contributed by atoms with E-state index in [4.69, 9.17) is 0 Å². The number of nitrogens with zero attached hydrogens (tertiary/aromatic N) is 3. The number of alkyl halides is 3. The van der Waals surface area contributed by atoms with Gasteiger partial charge in [0.15, 0.2) is 4.34 Å². The number of anilines is 3. The van der Waals surface area contributed by atoms with E-state index >= 15 is 0 Å². The number of nitrogens with one attached hydrogen (secondary N) is 2. The molecule has 1 aliphatic heterocycles. The minimum Gasteiger partial charge on any atom is -0.357 e. The molecule has 2 heterocycles. The van der Waals surface area contributed by atoms with Crippen molar-refractivity contribution in [3.8, 4) is 0 Å². The molecule has 1 aliphatic carbocycles. The van der Waals surface area contributed by atoms with Crippen LogP contribution in [0, 0.1) is 0 Å². The Hall–Kier alpha value is -2.34. The zero-order valence-corrected chi connectivity index (χ0v) is 16.5. The van der Waals surface area contributed by atoms with Crippen molar-refractivity contribution in [3.05, 3.63) is 24.3 Å². The molecule has 1 saturated carbocycles. The fraction of sp³-hybridized carbons (Fsp3) is 0.412. The van der Waals surface area contributed by atoms with Gasteiger partial charge in [0.05, 0.1) is 23.5 Å². The highest BCUT2D eigenvalue weighted by molar-refractivity contribution is 8.01. The van der Waals surface area contributed by atoms with Crippen LogP contribution in [0.1, 0.15) is 19.3 Å². The Morgan fingerprint density at radius 3 is 2.79 bits per heavy atom. The number of benzene rings is 1. The van der Waals surface area contributed by atoms with Gasteiger partial charge in [-0.15, -0.1) is 10.2 Å². The summed E-state index contributed by atoms with van der Waals surface area (Å²) in [6.45, 7) is 0. The molecule has 154 valence electrons. The summed E-state index contributed by atoms with van der Waals surface area (Å²) >= 11 is 2.28. The lowest BCUT2D eigenvalue weighted by atomic mass is 10.1. The van der Waals surface area contributed by atoms with Crippen molar-refractivity contribution in [1.29, 1.82) is 0 Å². The molecule has 7 nitrogen and oxygen atoms in total. The van der Waals surface area contributed by atoms with Gasteiger partial charge >= 0.3 is 6.18 Å². The highest BCUT2D eigenvalue weighted by Gasteiger charge is 2.48. The van der Waals surface area contributed by atoms with Crippen LogP contribution in [-0.4, -0.2) is 46.0 Å². The van der Waals surface area contributed by atoms with Crippen molar-refractivity contribution in [2.24, 2.45) is 0 Å². The molecule has 2 N–H and O–H groups in total. The average molecular weight is 443 g/mol. The van der Waals surface area contributed by atoms with E-state index < -0.39 is 30.5 Å². The minimum absolute atomic E-state index is 0.0274. The maximum absolute atomic E-state index is 13.7. The Morgan fingerprint density at radius 2 is 2.07 bits per heavy atom. The van der Waals surface area contributed by atoms with Crippen LogP contribution in [0.2, 0.25) is 0 Å². The fourth-order valence-electron chi connectivity index (χ4n) is 2.92. The molecule has 2 aromatic rings. The summed E-state index contributed by atoms with van der Waals surface area (Å²) < 4.78 is 41.5. The standard InChI is InChI=1S/C17H16F3N5O2S2/c18-17(19,20)12-7-13(26)22-10-3-1-2-4-11(10)25(12)14(27)8-28-16-24-23-15(29-16)21-9-5-6-9/h1-4,9,12H,5-8H2,(H,21,23)(H,22,26). The third-order valence-electron chi connectivity index (χ3n) is 4.41. The number of carbonyl (C=O) groups is 2. The van der Waals surface area contributed by atoms with Crippen LogP contribution in [0.25, 0.3) is 0 Å². The Bertz CT molecular complexity index is 932. The summed E-state index contributed by atoms with van der Waals surface area (Å²) in [5.41, 5.74) is 0.203. The van der Waals surface area contributed by atoms with Gasteiger partial charge in [-0.1, -0.05) is 35.2 Å². The average Bonchev–Trinajstić information content (AvgIpc) is 3.38. The van der Waals surface area contributed by atoms with Crippen LogP contribution >= 0.6 is 23.1 Å². The number of halogens is 3. The van der Waals surface area contributed by atoms with Crippen LogP contribution in [0.3, 0.4) is 0 Å². The summed E-state index contributed by atoms with van der Waals surface area (Å²) in [5.74, 6) is -1.80. The zero-order valence-electron chi connectivity index (χ0n) is 14.9. The van der Waals surface area contributed by atoms with Crippen molar-refractivity contribution in [1.82, 2.24) is 10.2 Å². The van der Waals surface area contributed by atoms with Gasteiger partial charge < -0.3 is 10.6 Å². The fourth-order valence-corrected chi connectivity index (χ4v) is 4.61. The molecule has 0 spiro atoms. The largest absolute Gasteiger partial charge is 0.409 e. The van der Waals surface area contributed by atoms with Crippen molar-refractivity contribution in [2.45, 2.75) is 41.9 Å². The third-order valence-corrected chi connectivity index (χ3v) is 6.38. The molecule has 0 radical (unpaired) electrons. The van der Waals surface area contributed by atoms with Gasteiger partial charge in [-0.25, -0.2) is 0 Å². The van der Waals surface area contributed by atoms with Crippen LogP contribution in [0.15, 0.2) is 28.6 Å². The Balaban J connectivity index is 1.54. The van der Waals surface area contributed by atoms with E-state index in [0.29, 0.717) is 20.4 Å². The lowest BCUT2D eigenvalue weighted by Crippen LogP contribution is -2.50. The van der Waals surface area contributed by atoms with E-state index in [1.165, 1.54) is 29.5 Å². The Kier molecular flexibility index (Phi) is 5.38. The summed E-state index contributed by atoms with van der Waals surface area (Å²) in [5, 5.41) is 14.2. The second-order valence-electron chi connectivity index (χ2n) is 6.67. The number of para-hydroxylation sites is 2. The quantitative estimate of drug-likeness (QED) is 0.688. The van der Waals surface area contributed by atoms with Crippen molar-refractivity contribution in [2.75, 3.05) is 21.3 Å². The topological polar surface area (TPSA) is 87.2 Å². The normalized spacial score (nSPS) is 19.3. The van der Waals surface area contributed by atoms with E-state index in [2.05, 4.69) is 20.8 Å². The molecule has 4 rings (SSSR count). The first kappa shape index (κ1) is 20.0. The highest BCUT2D eigenvalue weighted by atomic mass is 32.2. The monoisotopic (exact) mass is 443 g/mol. The molecule has 29 heavy (non-hydrogen) atoms. The summed E-state index contributed by atoms with van der Waals surface area (Å²) in [7, 11) is 0. The zero-order chi connectivity index (χ0) is 20.6. The predicted octanol–water partition coefficient (Wildman–Crippen LogP) is 3.51. The molecule has 2 amide bonds. The number of fused-ring (bicyclic) bond motifs is 1. The Morgan fingerprint density at radius 1 is 1.31 bits per heavy atom. The highest BCUT2D eigenvalue weighted by Crippen LogP contribution is 2.38. The predicted molar refractivity (Wildman–Crippen MR) is 104 cm³/mol. The van der Waals surface area contributed by atoms with Gasteiger partial charge in [-0.2, -0.15) is 13.2 Å². The SMILES string of the molecule is O=C1CC(C(F)(F)F)N(C(=O)CSc2nnc(NC3CC3)s2)c2ccccc2N1. The lowest BCUT2D eigenvalue weighted by molar-refractivity contribution is -0.157. The number of rotatable bonds is 5. The number of amides is 2. The van der Waals surface area contributed by atoms with Crippen LogP contribution < -0.4 is 15.5 Å². The minimum atomic E-state index is -4.75. The first-order valence-electron chi connectivity index (χ1n) is 8.82. The Labute approximate surface area is 172 Å². The molecular weight excluding hydrogens is 427 g/mol.